The van der Waals surface area contributed by atoms with Crippen molar-refractivity contribution in [2.45, 2.75) is 13.8 Å². The van der Waals surface area contributed by atoms with E-state index in [-0.39, 0.29) is 0 Å². The highest BCUT2D eigenvalue weighted by atomic mass is 79.9. The lowest BCUT2D eigenvalue weighted by atomic mass is 10.3. The van der Waals surface area contributed by atoms with E-state index in [1.165, 1.54) is 5.56 Å². The molecule has 3 heteroatoms. The number of aromatic nitrogens is 2. The predicted octanol–water partition coefficient (Wildman–Crippen LogP) is 3.25. The smallest absolute Gasteiger partial charge is 0.0646 e. The van der Waals surface area contributed by atoms with Gasteiger partial charge in [0.15, 0.2) is 0 Å². The Kier molecular flexibility index (Phi) is 2.42. The van der Waals surface area contributed by atoms with Gasteiger partial charge in [0.05, 0.1) is 11.4 Å². The molecule has 2 nitrogen and oxygen atoms in total. The number of aryl methyl sites for hydroxylation is 2. The summed E-state index contributed by atoms with van der Waals surface area (Å²) in [5.41, 5.74) is 3.38. The van der Waals surface area contributed by atoms with Crippen LogP contribution in [0.3, 0.4) is 0 Å². The van der Waals surface area contributed by atoms with Crippen LogP contribution < -0.4 is 0 Å². The van der Waals surface area contributed by atoms with E-state index in [1.54, 1.807) is 0 Å². The third kappa shape index (κ3) is 1.73. The molecular weight excluding hydrogens is 240 g/mol. The molecule has 1 heterocycles. The van der Waals surface area contributed by atoms with Gasteiger partial charge in [-0.25, -0.2) is 4.68 Å². The summed E-state index contributed by atoms with van der Waals surface area (Å²) in [5.74, 6) is 0. The van der Waals surface area contributed by atoms with E-state index >= 15 is 0 Å². The Bertz CT molecular complexity index is 423. The highest BCUT2D eigenvalue weighted by Crippen LogP contribution is 2.14. The minimum atomic E-state index is 1.08. The average molecular weight is 251 g/mol. The van der Waals surface area contributed by atoms with E-state index in [4.69, 9.17) is 0 Å². The zero-order valence-corrected chi connectivity index (χ0v) is 9.75. The van der Waals surface area contributed by atoms with Crippen molar-refractivity contribution in [3.63, 3.8) is 0 Å². The fourth-order valence-electron chi connectivity index (χ4n) is 1.27. The van der Waals surface area contributed by atoms with E-state index in [0.717, 1.165) is 15.9 Å². The maximum absolute atomic E-state index is 4.41. The zero-order valence-electron chi connectivity index (χ0n) is 8.16. The molecule has 0 atom stereocenters. The second kappa shape index (κ2) is 3.58. The summed E-state index contributed by atoms with van der Waals surface area (Å²) in [4.78, 5) is 0. The van der Waals surface area contributed by atoms with E-state index in [9.17, 15) is 0 Å². The lowest BCUT2D eigenvalue weighted by Gasteiger charge is -2.00. The van der Waals surface area contributed by atoms with Gasteiger partial charge in [0, 0.05) is 10.7 Å². The first-order valence-electron chi connectivity index (χ1n) is 4.45. The van der Waals surface area contributed by atoms with Crippen LogP contribution in [0, 0.1) is 13.8 Å². The van der Waals surface area contributed by atoms with Gasteiger partial charge >= 0.3 is 0 Å². The molecule has 0 aliphatic heterocycles. The average Bonchev–Trinajstić information content (AvgIpc) is 2.48. The standard InChI is InChI=1S/C11H11BrN2/c1-8-7-14(13-9(8)2)11-5-3-10(12)4-6-11/h3-7H,1-2H3. The molecule has 2 aromatic rings. The Morgan fingerprint density at radius 3 is 2.29 bits per heavy atom. The highest BCUT2D eigenvalue weighted by molar-refractivity contribution is 9.10. The van der Waals surface area contributed by atoms with Crippen molar-refractivity contribution in [1.82, 2.24) is 9.78 Å². The molecule has 0 aliphatic rings. The first-order chi connectivity index (χ1) is 6.66. The molecule has 1 aromatic carbocycles. The molecule has 1 aromatic heterocycles. The molecule has 14 heavy (non-hydrogen) atoms. The van der Waals surface area contributed by atoms with Crippen LogP contribution in [0.1, 0.15) is 11.3 Å². The minimum absolute atomic E-state index is 1.08. The fourth-order valence-corrected chi connectivity index (χ4v) is 1.54. The SMILES string of the molecule is Cc1cn(-c2ccc(Br)cc2)nc1C. The summed E-state index contributed by atoms with van der Waals surface area (Å²) in [5, 5.41) is 4.41. The van der Waals surface area contributed by atoms with Crippen molar-refractivity contribution >= 4 is 15.9 Å². The molecule has 72 valence electrons. The summed E-state index contributed by atoms with van der Waals surface area (Å²) in [7, 11) is 0. The van der Waals surface area contributed by atoms with Crippen molar-refractivity contribution in [3.05, 3.63) is 46.2 Å². The molecule has 0 N–H and O–H groups in total. The van der Waals surface area contributed by atoms with Crippen LogP contribution in [0.4, 0.5) is 0 Å². The molecule has 0 spiro atoms. The number of rotatable bonds is 1. The van der Waals surface area contributed by atoms with Gasteiger partial charge in [0.25, 0.3) is 0 Å². The van der Waals surface area contributed by atoms with Gasteiger partial charge in [-0.05, 0) is 43.7 Å². The molecule has 0 amide bonds. The largest absolute Gasteiger partial charge is 0.240 e. The summed E-state index contributed by atoms with van der Waals surface area (Å²) in [6.45, 7) is 4.09. The van der Waals surface area contributed by atoms with Crippen LogP contribution >= 0.6 is 15.9 Å². The van der Waals surface area contributed by atoms with Crippen LogP contribution in [0.15, 0.2) is 34.9 Å². The molecule has 0 fully saturated rings. The van der Waals surface area contributed by atoms with E-state index < -0.39 is 0 Å². The highest BCUT2D eigenvalue weighted by Gasteiger charge is 2.01. The van der Waals surface area contributed by atoms with Gasteiger partial charge in [0.1, 0.15) is 0 Å². The second-order valence-electron chi connectivity index (χ2n) is 3.32. The topological polar surface area (TPSA) is 17.8 Å². The third-order valence-electron chi connectivity index (χ3n) is 2.24. The molecule has 0 unspecified atom stereocenters. The number of benzene rings is 1. The van der Waals surface area contributed by atoms with Gasteiger partial charge in [-0.3, -0.25) is 0 Å². The van der Waals surface area contributed by atoms with Crippen LogP contribution in [0.5, 0.6) is 0 Å². The van der Waals surface area contributed by atoms with E-state index in [1.807, 2.05) is 42.1 Å². The van der Waals surface area contributed by atoms with E-state index in [2.05, 4.69) is 28.0 Å². The first kappa shape index (κ1) is 9.46. The maximum atomic E-state index is 4.41. The summed E-state index contributed by atoms with van der Waals surface area (Å²) < 4.78 is 2.98. The lowest BCUT2D eigenvalue weighted by molar-refractivity contribution is 0.862. The number of nitrogens with zero attached hydrogens (tertiary/aromatic N) is 2. The van der Waals surface area contributed by atoms with Crippen molar-refractivity contribution in [2.75, 3.05) is 0 Å². The molecule has 0 saturated carbocycles. The first-order valence-corrected chi connectivity index (χ1v) is 5.25. The fraction of sp³-hybridized carbons (Fsp3) is 0.182. The molecule has 2 rings (SSSR count). The quantitative estimate of drug-likeness (QED) is 0.760. The monoisotopic (exact) mass is 250 g/mol. The molecular formula is C11H11BrN2. The van der Waals surface area contributed by atoms with Gasteiger partial charge < -0.3 is 0 Å². The van der Waals surface area contributed by atoms with Crippen LogP contribution in [-0.2, 0) is 0 Å². The molecule has 0 bridgehead atoms. The lowest BCUT2D eigenvalue weighted by Crippen LogP contribution is -1.93. The summed E-state index contributed by atoms with van der Waals surface area (Å²) in [6, 6.07) is 8.11. The number of halogens is 1. The second-order valence-corrected chi connectivity index (χ2v) is 4.23. The Balaban J connectivity index is 2.44. The van der Waals surface area contributed by atoms with E-state index in [0.29, 0.717) is 0 Å². The molecule has 0 saturated heterocycles. The van der Waals surface area contributed by atoms with Gasteiger partial charge in [-0.15, -0.1) is 0 Å². The molecule has 0 radical (unpaired) electrons. The van der Waals surface area contributed by atoms with Crippen molar-refractivity contribution in [2.24, 2.45) is 0 Å². The van der Waals surface area contributed by atoms with Crippen molar-refractivity contribution in [1.29, 1.82) is 0 Å². The normalized spacial score (nSPS) is 10.5. The Labute approximate surface area is 91.7 Å². The summed E-state index contributed by atoms with van der Waals surface area (Å²) >= 11 is 3.41. The Morgan fingerprint density at radius 1 is 1.14 bits per heavy atom. The molecule has 0 aliphatic carbocycles. The van der Waals surface area contributed by atoms with Gasteiger partial charge in [0.2, 0.25) is 0 Å². The zero-order chi connectivity index (χ0) is 10.1. The number of hydrogen-bond acceptors (Lipinski definition) is 1. The Morgan fingerprint density at radius 2 is 1.79 bits per heavy atom. The van der Waals surface area contributed by atoms with Crippen LogP contribution in [-0.4, -0.2) is 9.78 Å². The van der Waals surface area contributed by atoms with Crippen LogP contribution in [0.2, 0.25) is 0 Å². The third-order valence-corrected chi connectivity index (χ3v) is 2.76. The number of hydrogen-bond donors (Lipinski definition) is 0. The Hall–Kier alpha value is -1.09. The van der Waals surface area contributed by atoms with Crippen molar-refractivity contribution in [3.8, 4) is 5.69 Å². The predicted molar refractivity (Wildman–Crippen MR) is 60.7 cm³/mol. The van der Waals surface area contributed by atoms with Crippen molar-refractivity contribution < 1.29 is 0 Å². The summed E-state index contributed by atoms with van der Waals surface area (Å²) in [6.07, 6.45) is 2.04. The van der Waals surface area contributed by atoms with Gasteiger partial charge in [-0.2, -0.15) is 5.10 Å². The van der Waals surface area contributed by atoms with Gasteiger partial charge in [-0.1, -0.05) is 15.9 Å². The minimum Gasteiger partial charge on any atom is -0.240 e. The maximum Gasteiger partial charge on any atom is 0.0646 e. The van der Waals surface area contributed by atoms with Crippen LogP contribution in [0.25, 0.3) is 5.69 Å².